The Kier molecular flexibility index (Phi) is 11.2. The van der Waals surface area contributed by atoms with Gasteiger partial charge in [0.15, 0.2) is 0 Å². The van der Waals surface area contributed by atoms with Crippen molar-refractivity contribution in [2.24, 2.45) is 5.73 Å². The van der Waals surface area contributed by atoms with Gasteiger partial charge in [-0.15, -0.1) is 0 Å². The van der Waals surface area contributed by atoms with Crippen molar-refractivity contribution in [2.75, 3.05) is 0 Å². The molecule has 0 aromatic heterocycles. The van der Waals surface area contributed by atoms with Gasteiger partial charge >= 0.3 is 29.8 Å². The Labute approximate surface area is 217 Å². The molecule has 0 spiro atoms. The zero-order valence-corrected chi connectivity index (χ0v) is 19.9. The van der Waals surface area contributed by atoms with Gasteiger partial charge in [0, 0.05) is 0 Å². The van der Waals surface area contributed by atoms with E-state index in [0.717, 1.165) is 5.56 Å². The van der Waals surface area contributed by atoms with E-state index in [2.05, 4.69) is 0 Å². The first-order valence-corrected chi connectivity index (χ1v) is 11.1. The van der Waals surface area contributed by atoms with E-state index in [9.17, 15) is 34.2 Å². The summed E-state index contributed by atoms with van der Waals surface area (Å²) in [4.78, 5) is 57.2. The molecule has 0 aliphatic rings. The molecule has 3 rings (SSSR count). The molecule has 198 valence electrons. The predicted octanol–water partition coefficient (Wildman–Crippen LogP) is 2.25. The van der Waals surface area contributed by atoms with Crippen LogP contribution in [0, 0.1) is 0 Å². The van der Waals surface area contributed by atoms with Crippen molar-refractivity contribution in [3.63, 3.8) is 0 Å². The standard InChI is InChI=1S/C18H14O8.C9H11NO2/c19-15(20)13(25-17(23)11-7-3-1-4-8-11)14(16(21)22)26-18(24)12-9-5-2-6-10-12;10-8(9(11)12)6-7-4-2-1-3-5-7/h1-10,13-14H,(H,19,20)(H,21,22);1-5,8H,6,10H2,(H,11,12)/t13-,14-;8-/m11/s1. The normalized spacial score (nSPS) is 12.4. The number of carbonyl (C=O) groups is 5. The first-order chi connectivity index (χ1) is 18.1. The number of carboxylic acid groups (broad SMARTS) is 3. The Morgan fingerprint density at radius 1 is 0.579 bits per heavy atom. The molecule has 0 unspecified atom stereocenters. The minimum absolute atomic E-state index is 0.0253. The molecule has 11 nitrogen and oxygen atoms in total. The Balaban J connectivity index is 0.000000352. The highest BCUT2D eigenvalue weighted by Crippen LogP contribution is 2.13. The molecule has 0 aliphatic heterocycles. The van der Waals surface area contributed by atoms with Crippen molar-refractivity contribution >= 4 is 29.8 Å². The summed E-state index contributed by atoms with van der Waals surface area (Å²) in [7, 11) is 0. The smallest absolute Gasteiger partial charge is 0.349 e. The van der Waals surface area contributed by atoms with Crippen molar-refractivity contribution in [1.29, 1.82) is 0 Å². The van der Waals surface area contributed by atoms with E-state index in [1.54, 1.807) is 12.1 Å². The molecule has 5 N–H and O–H groups in total. The minimum Gasteiger partial charge on any atom is -0.480 e. The van der Waals surface area contributed by atoms with E-state index >= 15 is 0 Å². The van der Waals surface area contributed by atoms with Crippen LogP contribution in [-0.2, 0) is 30.3 Å². The summed E-state index contributed by atoms with van der Waals surface area (Å²) in [5.41, 5.74) is 6.35. The van der Waals surface area contributed by atoms with Gasteiger partial charge < -0.3 is 30.5 Å². The molecule has 38 heavy (non-hydrogen) atoms. The largest absolute Gasteiger partial charge is 0.480 e. The summed E-state index contributed by atoms with van der Waals surface area (Å²) in [6, 6.07) is 23.4. The SMILES string of the molecule is N[C@H](Cc1ccccc1)C(=O)O.O=C(O[C@@H](C(=O)O)[C@@H](OC(=O)c1ccccc1)C(=O)O)c1ccccc1. The van der Waals surface area contributed by atoms with Crippen LogP contribution in [-0.4, -0.2) is 63.4 Å². The highest BCUT2D eigenvalue weighted by molar-refractivity contribution is 5.95. The molecule has 3 aromatic carbocycles. The van der Waals surface area contributed by atoms with Crippen molar-refractivity contribution in [1.82, 2.24) is 0 Å². The van der Waals surface area contributed by atoms with Crippen LogP contribution in [0.15, 0.2) is 91.0 Å². The van der Waals surface area contributed by atoms with Crippen LogP contribution < -0.4 is 5.73 Å². The summed E-state index contributed by atoms with van der Waals surface area (Å²) < 4.78 is 9.52. The second-order valence-corrected chi connectivity index (χ2v) is 7.69. The Morgan fingerprint density at radius 3 is 1.24 bits per heavy atom. The van der Waals surface area contributed by atoms with Crippen molar-refractivity contribution in [2.45, 2.75) is 24.7 Å². The fraction of sp³-hybridized carbons (Fsp3) is 0.148. The van der Waals surface area contributed by atoms with Gasteiger partial charge in [-0.2, -0.15) is 0 Å². The summed E-state index contributed by atoms with van der Waals surface area (Å²) in [5.74, 6) is -6.59. The molecule has 3 aromatic rings. The summed E-state index contributed by atoms with van der Waals surface area (Å²) in [5, 5.41) is 27.0. The Bertz CT molecular complexity index is 1160. The molecule has 0 saturated heterocycles. The fourth-order valence-electron chi connectivity index (χ4n) is 2.95. The topological polar surface area (TPSA) is 191 Å². The van der Waals surface area contributed by atoms with Crippen LogP contribution >= 0.6 is 0 Å². The number of ether oxygens (including phenoxy) is 2. The Hall–Kier alpha value is -5.03. The van der Waals surface area contributed by atoms with Crippen molar-refractivity contribution in [3.05, 3.63) is 108 Å². The molecule has 0 bridgehead atoms. The lowest BCUT2D eigenvalue weighted by molar-refractivity contribution is -0.166. The van der Waals surface area contributed by atoms with Crippen LogP contribution in [0.1, 0.15) is 26.3 Å². The fourth-order valence-corrected chi connectivity index (χ4v) is 2.95. The molecule has 11 heteroatoms. The van der Waals surface area contributed by atoms with Gasteiger partial charge in [-0.1, -0.05) is 66.7 Å². The summed E-state index contributed by atoms with van der Waals surface area (Å²) in [6.45, 7) is 0. The second-order valence-electron chi connectivity index (χ2n) is 7.69. The van der Waals surface area contributed by atoms with E-state index in [1.165, 1.54) is 48.5 Å². The van der Waals surface area contributed by atoms with Crippen molar-refractivity contribution in [3.8, 4) is 0 Å². The second kappa shape index (κ2) is 14.5. The quantitative estimate of drug-likeness (QED) is 0.285. The molecule has 0 radical (unpaired) electrons. The lowest BCUT2D eigenvalue weighted by Gasteiger charge is -2.21. The molecule has 3 atom stereocenters. The van der Waals surface area contributed by atoms with E-state index in [1.807, 2.05) is 30.3 Å². The van der Waals surface area contributed by atoms with Crippen LogP contribution in [0.2, 0.25) is 0 Å². The predicted molar refractivity (Wildman–Crippen MR) is 132 cm³/mol. The first kappa shape index (κ1) is 29.2. The monoisotopic (exact) mass is 523 g/mol. The van der Waals surface area contributed by atoms with Crippen LogP contribution in [0.3, 0.4) is 0 Å². The number of nitrogens with two attached hydrogens (primary N) is 1. The van der Waals surface area contributed by atoms with Gasteiger partial charge in [0.1, 0.15) is 6.04 Å². The van der Waals surface area contributed by atoms with Gasteiger partial charge in [0.2, 0.25) is 12.2 Å². The number of hydrogen-bond donors (Lipinski definition) is 4. The molecular formula is C27H25NO10. The van der Waals surface area contributed by atoms with Crippen LogP contribution in [0.4, 0.5) is 0 Å². The maximum Gasteiger partial charge on any atom is 0.349 e. The average Bonchev–Trinajstić information content (AvgIpc) is 2.92. The number of hydrogen-bond acceptors (Lipinski definition) is 8. The van der Waals surface area contributed by atoms with E-state index in [0.29, 0.717) is 6.42 Å². The highest BCUT2D eigenvalue weighted by atomic mass is 16.6. The number of benzene rings is 3. The average molecular weight is 523 g/mol. The van der Waals surface area contributed by atoms with Gasteiger partial charge in [-0.25, -0.2) is 19.2 Å². The van der Waals surface area contributed by atoms with Gasteiger partial charge in [-0.3, -0.25) is 4.79 Å². The number of carboxylic acids is 3. The third kappa shape index (κ3) is 9.21. The van der Waals surface area contributed by atoms with Gasteiger partial charge in [0.05, 0.1) is 11.1 Å². The third-order valence-corrected chi connectivity index (χ3v) is 4.86. The van der Waals surface area contributed by atoms with Gasteiger partial charge in [0.25, 0.3) is 0 Å². The lowest BCUT2D eigenvalue weighted by atomic mass is 10.1. The molecule has 0 aliphatic carbocycles. The lowest BCUT2D eigenvalue weighted by Crippen LogP contribution is -2.45. The number of carbonyl (C=O) groups excluding carboxylic acids is 2. The number of aliphatic carboxylic acids is 3. The zero-order chi connectivity index (χ0) is 28.1. The highest BCUT2D eigenvalue weighted by Gasteiger charge is 2.41. The van der Waals surface area contributed by atoms with Crippen LogP contribution in [0.25, 0.3) is 0 Å². The molecule has 0 heterocycles. The Morgan fingerprint density at radius 2 is 0.921 bits per heavy atom. The molecular weight excluding hydrogens is 498 g/mol. The number of esters is 2. The van der Waals surface area contributed by atoms with Crippen LogP contribution in [0.5, 0.6) is 0 Å². The molecule has 0 fully saturated rings. The molecule has 0 amide bonds. The van der Waals surface area contributed by atoms with E-state index in [4.69, 9.17) is 20.3 Å². The third-order valence-electron chi connectivity index (χ3n) is 4.86. The van der Waals surface area contributed by atoms with Gasteiger partial charge in [-0.05, 0) is 36.2 Å². The zero-order valence-electron chi connectivity index (χ0n) is 19.9. The van der Waals surface area contributed by atoms with E-state index in [-0.39, 0.29) is 11.1 Å². The van der Waals surface area contributed by atoms with Crippen molar-refractivity contribution < 1.29 is 48.8 Å². The molecule has 0 saturated carbocycles. The maximum atomic E-state index is 12.0. The number of rotatable bonds is 10. The minimum atomic E-state index is -2.21. The first-order valence-electron chi connectivity index (χ1n) is 11.1. The summed E-state index contributed by atoms with van der Waals surface area (Å²) in [6.07, 6.45) is -4.04. The van der Waals surface area contributed by atoms with E-state index < -0.39 is 48.1 Å². The summed E-state index contributed by atoms with van der Waals surface area (Å²) >= 11 is 0. The maximum absolute atomic E-state index is 12.0.